The molecule has 7 nitrogen and oxygen atoms in total. The number of anilines is 1. The van der Waals surface area contributed by atoms with Crippen LogP contribution in [0.5, 0.6) is 0 Å². The van der Waals surface area contributed by atoms with Crippen LogP contribution in [0.2, 0.25) is 0 Å². The Labute approximate surface area is 147 Å². The van der Waals surface area contributed by atoms with E-state index in [1.807, 2.05) is 18.2 Å². The maximum absolute atomic E-state index is 12.0. The summed E-state index contributed by atoms with van der Waals surface area (Å²) >= 11 is 0. The number of likely N-dealkylation sites (tertiary alicyclic amines) is 1. The van der Waals surface area contributed by atoms with E-state index in [0.29, 0.717) is 12.2 Å². The molecule has 2 heterocycles. The molecule has 0 saturated carbocycles. The van der Waals surface area contributed by atoms with Crippen molar-refractivity contribution < 1.29 is 9.90 Å². The van der Waals surface area contributed by atoms with Crippen LogP contribution in [0.25, 0.3) is 0 Å². The number of aliphatic hydroxyl groups is 1. The van der Waals surface area contributed by atoms with Gasteiger partial charge in [-0.15, -0.1) is 0 Å². The molecule has 1 aliphatic rings. The van der Waals surface area contributed by atoms with Gasteiger partial charge in [-0.05, 0) is 30.5 Å². The van der Waals surface area contributed by atoms with E-state index in [1.165, 1.54) is 5.56 Å². The first-order valence-corrected chi connectivity index (χ1v) is 8.61. The summed E-state index contributed by atoms with van der Waals surface area (Å²) in [5.74, 6) is 0. The smallest absolute Gasteiger partial charge is 0.319 e. The Morgan fingerprint density at radius 2 is 2.16 bits per heavy atom. The van der Waals surface area contributed by atoms with Crippen molar-refractivity contribution in [2.75, 3.05) is 18.5 Å². The van der Waals surface area contributed by atoms with E-state index in [0.717, 1.165) is 31.5 Å². The summed E-state index contributed by atoms with van der Waals surface area (Å²) in [5, 5.41) is 19.2. The van der Waals surface area contributed by atoms with E-state index in [1.54, 1.807) is 24.1 Å². The molecule has 1 atom stereocenters. The molecule has 2 aromatic rings. The highest BCUT2D eigenvalue weighted by molar-refractivity contribution is 5.88. The minimum atomic E-state index is -0.253. The van der Waals surface area contributed by atoms with Crippen LogP contribution in [0.4, 0.5) is 10.5 Å². The number of aliphatic hydroxyl groups excluding tert-OH is 1. The predicted octanol–water partition coefficient (Wildman–Crippen LogP) is 1.70. The van der Waals surface area contributed by atoms with Gasteiger partial charge in [0.25, 0.3) is 0 Å². The molecular formula is C18H25N5O2. The molecule has 1 aliphatic heterocycles. The van der Waals surface area contributed by atoms with Crippen molar-refractivity contribution in [3.05, 3.63) is 47.8 Å². The molecular weight excluding hydrogens is 318 g/mol. The lowest BCUT2D eigenvalue weighted by atomic mass is 10.1. The topological polar surface area (TPSA) is 82.4 Å². The number of hydrogen-bond acceptors (Lipinski definition) is 4. The average molecular weight is 343 g/mol. The largest absolute Gasteiger partial charge is 0.395 e. The van der Waals surface area contributed by atoms with Gasteiger partial charge in [-0.3, -0.25) is 9.58 Å². The summed E-state index contributed by atoms with van der Waals surface area (Å²) in [6, 6.07) is 8.10. The molecule has 0 radical (unpaired) electrons. The van der Waals surface area contributed by atoms with Crippen molar-refractivity contribution in [3.8, 4) is 0 Å². The minimum Gasteiger partial charge on any atom is -0.395 e. The van der Waals surface area contributed by atoms with E-state index >= 15 is 0 Å². The second-order valence-corrected chi connectivity index (χ2v) is 6.43. The SMILES string of the molecule is Cn1cc(NC(=O)NCc2ccccc2CN2CCC[C@@H]2CO)cn1. The number of rotatable bonds is 6. The molecule has 3 N–H and O–H groups in total. The highest BCUT2D eigenvalue weighted by Gasteiger charge is 2.24. The van der Waals surface area contributed by atoms with Crippen molar-refractivity contribution in [1.82, 2.24) is 20.0 Å². The van der Waals surface area contributed by atoms with Gasteiger partial charge in [0.05, 0.1) is 18.5 Å². The van der Waals surface area contributed by atoms with E-state index in [-0.39, 0.29) is 18.7 Å². The number of hydrogen-bond donors (Lipinski definition) is 3. The van der Waals surface area contributed by atoms with Gasteiger partial charge in [-0.2, -0.15) is 5.10 Å². The minimum absolute atomic E-state index is 0.202. The molecule has 0 aliphatic carbocycles. The first-order chi connectivity index (χ1) is 12.2. The van der Waals surface area contributed by atoms with Gasteiger partial charge < -0.3 is 15.7 Å². The van der Waals surface area contributed by atoms with Crippen LogP contribution in [0.1, 0.15) is 24.0 Å². The molecule has 1 aromatic carbocycles. The zero-order valence-corrected chi connectivity index (χ0v) is 14.5. The number of carbonyl (C=O) groups excluding carboxylic acids is 1. The summed E-state index contributed by atoms with van der Waals surface area (Å²) in [6.45, 7) is 2.47. The summed E-state index contributed by atoms with van der Waals surface area (Å²) in [7, 11) is 1.80. The van der Waals surface area contributed by atoms with Crippen LogP contribution < -0.4 is 10.6 Å². The molecule has 0 bridgehead atoms. The first-order valence-electron chi connectivity index (χ1n) is 8.61. The number of aromatic nitrogens is 2. The summed E-state index contributed by atoms with van der Waals surface area (Å²) < 4.78 is 1.64. The van der Waals surface area contributed by atoms with Crippen LogP contribution in [0.15, 0.2) is 36.7 Å². The average Bonchev–Trinajstić information content (AvgIpc) is 3.22. The van der Waals surface area contributed by atoms with Crippen molar-refractivity contribution in [1.29, 1.82) is 0 Å². The summed E-state index contributed by atoms with van der Waals surface area (Å²) in [6.07, 6.45) is 5.52. The molecule has 7 heteroatoms. The molecule has 1 fully saturated rings. The molecule has 25 heavy (non-hydrogen) atoms. The van der Waals surface area contributed by atoms with E-state index in [2.05, 4.69) is 26.7 Å². The van der Waals surface area contributed by atoms with Gasteiger partial charge in [-0.1, -0.05) is 24.3 Å². The quantitative estimate of drug-likeness (QED) is 0.745. The molecule has 1 aromatic heterocycles. The predicted molar refractivity (Wildman–Crippen MR) is 96.0 cm³/mol. The fourth-order valence-corrected chi connectivity index (χ4v) is 3.25. The number of nitrogens with one attached hydrogen (secondary N) is 2. The molecule has 2 amide bonds. The first kappa shape index (κ1) is 17.4. The summed E-state index contributed by atoms with van der Waals surface area (Å²) in [4.78, 5) is 14.4. The second kappa shape index (κ2) is 8.13. The van der Waals surface area contributed by atoms with Crippen LogP contribution in [-0.4, -0.2) is 45.0 Å². The lowest BCUT2D eigenvalue weighted by Crippen LogP contribution is -2.32. The standard InChI is InChI=1S/C18H25N5O2/c1-22-12-16(10-20-22)21-18(25)19-9-14-5-2-3-6-15(14)11-23-8-4-7-17(23)13-24/h2-3,5-6,10,12,17,24H,4,7-9,11,13H2,1H3,(H2,19,21,25)/t17-/m1/s1. The van der Waals surface area contributed by atoms with Gasteiger partial charge in [0.15, 0.2) is 0 Å². The van der Waals surface area contributed by atoms with Crippen LogP contribution >= 0.6 is 0 Å². The lowest BCUT2D eigenvalue weighted by molar-refractivity contribution is 0.153. The van der Waals surface area contributed by atoms with Gasteiger partial charge in [0.1, 0.15) is 0 Å². The number of nitrogens with zero attached hydrogens (tertiary/aromatic N) is 3. The molecule has 3 rings (SSSR count). The second-order valence-electron chi connectivity index (χ2n) is 6.43. The third-order valence-electron chi connectivity index (χ3n) is 4.60. The van der Waals surface area contributed by atoms with Crippen LogP contribution in [0, 0.1) is 0 Å². The maximum atomic E-state index is 12.0. The fraction of sp³-hybridized carbons (Fsp3) is 0.444. The Kier molecular flexibility index (Phi) is 5.67. The van der Waals surface area contributed by atoms with E-state index < -0.39 is 0 Å². The van der Waals surface area contributed by atoms with E-state index in [9.17, 15) is 9.90 Å². The van der Waals surface area contributed by atoms with Crippen molar-refractivity contribution in [2.24, 2.45) is 7.05 Å². The van der Waals surface area contributed by atoms with Gasteiger partial charge in [-0.25, -0.2) is 4.79 Å². The fourth-order valence-electron chi connectivity index (χ4n) is 3.25. The molecule has 0 spiro atoms. The monoisotopic (exact) mass is 343 g/mol. The number of benzene rings is 1. The highest BCUT2D eigenvalue weighted by Crippen LogP contribution is 2.21. The molecule has 1 saturated heterocycles. The normalized spacial score (nSPS) is 17.6. The van der Waals surface area contributed by atoms with Gasteiger partial charge in [0.2, 0.25) is 0 Å². The van der Waals surface area contributed by atoms with Crippen LogP contribution in [-0.2, 0) is 20.1 Å². The number of carbonyl (C=O) groups is 1. The Hall–Kier alpha value is -2.38. The zero-order valence-electron chi connectivity index (χ0n) is 14.5. The zero-order chi connectivity index (χ0) is 17.6. The summed E-state index contributed by atoms with van der Waals surface area (Å²) in [5.41, 5.74) is 2.94. The lowest BCUT2D eigenvalue weighted by Gasteiger charge is -2.24. The van der Waals surface area contributed by atoms with Crippen molar-refractivity contribution in [2.45, 2.75) is 32.0 Å². The highest BCUT2D eigenvalue weighted by atomic mass is 16.3. The Bertz CT molecular complexity index is 715. The number of urea groups is 1. The Balaban J connectivity index is 1.58. The van der Waals surface area contributed by atoms with Gasteiger partial charge in [0, 0.05) is 32.4 Å². The van der Waals surface area contributed by atoms with Crippen molar-refractivity contribution >= 4 is 11.7 Å². The van der Waals surface area contributed by atoms with Crippen molar-refractivity contribution in [3.63, 3.8) is 0 Å². The van der Waals surface area contributed by atoms with Gasteiger partial charge >= 0.3 is 6.03 Å². The Morgan fingerprint density at radius 3 is 2.88 bits per heavy atom. The van der Waals surface area contributed by atoms with E-state index in [4.69, 9.17) is 0 Å². The Morgan fingerprint density at radius 1 is 1.36 bits per heavy atom. The third-order valence-corrected chi connectivity index (χ3v) is 4.60. The third kappa shape index (κ3) is 4.58. The number of aryl methyl sites for hydroxylation is 1. The van der Waals surface area contributed by atoms with Crippen LogP contribution in [0.3, 0.4) is 0 Å². The molecule has 0 unspecified atom stereocenters. The number of amides is 2. The molecule has 134 valence electrons. The maximum Gasteiger partial charge on any atom is 0.319 e.